The van der Waals surface area contributed by atoms with E-state index < -0.39 is 132 Å². The first-order chi connectivity index (χ1) is 30.4. The third kappa shape index (κ3) is 9.68. The third-order valence-electron chi connectivity index (χ3n) is 15.8. The average Bonchev–Trinajstić information content (AvgIpc) is 3.86. The number of carbonyl (C=O) groups excluding carboxylic acids is 4. The number of allylic oxidation sites excluding steroid dienone is 1. The van der Waals surface area contributed by atoms with Gasteiger partial charge < -0.3 is 62.6 Å². The Bertz CT molecular complexity index is 1790. The number of fused-ring (bicyclic) bond motifs is 6. The molecule has 0 aromatic carbocycles. The molecule has 18 heteroatoms. The van der Waals surface area contributed by atoms with Gasteiger partial charge in [0.05, 0.1) is 36.6 Å². The Labute approximate surface area is 384 Å². The maximum atomic E-state index is 15.1. The van der Waals surface area contributed by atoms with Crippen LogP contribution in [0.5, 0.6) is 0 Å². The number of carbonyl (C=O) groups is 4. The molecule has 7 aliphatic rings. The zero-order valence-corrected chi connectivity index (χ0v) is 40.3. The van der Waals surface area contributed by atoms with Crippen LogP contribution in [0, 0.1) is 28.6 Å². The van der Waals surface area contributed by atoms with Gasteiger partial charge in [-0.2, -0.15) is 0 Å². The normalized spacial score (nSPS) is 44.6. The summed E-state index contributed by atoms with van der Waals surface area (Å²) < 4.78 is 66.2. The van der Waals surface area contributed by atoms with Crippen LogP contribution < -0.4 is 5.32 Å². The van der Waals surface area contributed by atoms with Crippen LogP contribution in [0.3, 0.4) is 0 Å². The zero-order valence-electron chi connectivity index (χ0n) is 40.3. The van der Waals surface area contributed by atoms with Crippen LogP contribution in [0.2, 0.25) is 0 Å². The van der Waals surface area contributed by atoms with E-state index in [1.54, 1.807) is 20.8 Å². The first-order valence-corrected chi connectivity index (χ1v) is 24.2. The van der Waals surface area contributed by atoms with Crippen LogP contribution in [0.1, 0.15) is 147 Å². The van der Waals surface area contributed by atoms with Crippen molar-refractivity contribution in [2.45, 2.75) is 232 Å². The van der Waals surface area contributed by atoms with E-state index in [9.17, 15) is 24.6 Å². The maximum absolute atomic E-state index is 15.1. The maximum Gasteiger partial charge on any atom is 0.536 e. The van der Waals surface area contributed by atoms with Gasteiger partial charge in [-0.3, -0.25) is 4.79 Å². The lowest BCUT2D eigenvalue weighted by molar-refractivity contribution is -0.311. The molecule has 3 unspecified atom stereocenters. The van der Waals surface area contributed by atoms with Gasteiger partial charge in [-0.1, -0.05) is 67.5 Å². The Balaban J connectivity index is 1.34. The van der Waals surface area contributed by atoms with Gasteiger partial charge in [-0.15, -0.1) is 0 Å². The number of hydrogen-bond acceptors (Lipinski definition) is 16. The van der Waals surface area contributed by atoms with E-state index in [-0.39, 0.29) is 18.4 Å². The first-order valence-electron chi connectivity index (χ1n) is 24.2. The molecule has 6 fully saturated rings. The molecule has 7 rings (SSSR count). The molecule has 368 valence electrons. The first kappa shape index (κ1) is 50.2. The minimum absolute atomic E-state index is 0.0959. The summed E-state index contributed by atoms with van der Waals surface area (Å²) in [6, 6.07) is -0.960. The number of esters is 3. The van der Waals surface area contributed by atoms with Crippen LogP contribution in [-0.4, -0.2) is 126 Å². The van der Waals surface area contributed by atoms with Crippen molar-refractivity contribution in [1.29, 1.82) is 0 Å². The highest BCUT2D eigenvalue weighted by Gasteiger charge is 2.73. The third-order valence-corrected chi connectivity index (χ3v) is 15.8. The molecule has 0 aromatic rings. The summed E-state index contributed by atoms with van der Waals surface area (Å²) in [5.41, 5.74) is -1.73. The second kappa shape index (κ2) is 19.0. The summed E-state index contributed by atoms with van der Waals surface area (Å²) in [6.45, 7) is 16.2. The van der Waals surface area contributed by atoms with Gasteiger partial charge in [-0.25, -0.2) is 14.4 Å². The van der Waals surface area contributed by atoms with Crippen molar-refractivity contribution in [1.82, 2.24) is 5.32 Å². The fraction of sp³-hybridized carbons (Fsp3) is 0.872. The van der Waals surface area contributed by atoms with Gasteiger partial charge in [-0.05, 0) is 77.6 Å². The zero-order chi connectivity index (χ0) is 47.4. The van der Waals surface area contributed by atoms with Gasteiger partial charge in [0.1, 0.15) is 24.4 Å². The van der Waals surface area contributed by atoms with Crippen LogP contribution >= 0.6 is 0 Å². The van der Waals surface area contributed by atoms with Gasteiger partial charge >= 0.3 is 24.9 Å². The molecule has 65 heavy (non-hydrogen) atoms. The lowest BCUT2D eigenvalue weighted by Gasteiger charge is -2.52. The SMILES string of the molecule is CC(=O)NC(C(=O)O[C@H](C)[C@@H]1C/C=C\CC[C@H](O)C(C)(C)[C@@H]2CC[C@@H](C)C3(O2)O[B-]24O[C@H]3C(=O)O[C@H]3C[C@@H](CCC[C@@H](O)C(C)(C)[C@H]5CC[C@@H](C)[C@@](O5)(O2)[C@@H](O4)C(=O)O1)O[C@@H]3C)C(C)C. The summed E-state index contributed by atoms with van der Waals surface area (Å²) in [5.74, 6) is -8.03. The van der Waals surface area contributed by atoms with Crippen molar-refractivity contribution in [3.63, 3.8) is 0 Å². The summed E-state index contributed by atoms with van der Waals surface area (Å²) in [7, 11) is 0. The number of amides is 1. The topological polar surface area (TPSA) is 213 Å². The van der Waals surface area contributed by atoms with Gasteiger partial charge in [0.2, 0.25) is 5.91 Å². The Kier molecular flexibility index (Phi) is 14.7. The largest absolute Gasteiger partial charge is 0.536 e. The van der Waals surface area contributed by atoms with Crippen molar-refractivity contribution in [2.75, 3.05) is 0 Å². The number of rotatable bonds is 5. The van der Waals surface area contributed by atoms with Crippen molar-refractivity contribution in [3.8, 4) is 0 Å². The quantitative estimate of drug-likeness (QED) is 0.142. The summed E-state index contributed by atoms with van der Waals surface area (Å²) in [4.78, 5) is 55.6. The second-order valence-corrected chi connectivity index (χ2v) is 21.6. The van der Waals surface area contributed by atoms with E-state index in [2.05, 4.69) is 5.32 Å². The van der Waals surface area contributed by atoms with Crippen molar-refractivity contribution in [3.05, 3.63) is 12.2 Å². The van der Waals surface area contributed by atoms with Gasteiger partial charge in [0.25, 0.3) is 0 Å². The molecular formula is C47H75BNO16-. The monoisotopic (exact) mass is 921 g/mol. The molecule has 0 radical (unpaired) electrons. The van der Waals surface area contributed by atoms with Gasteiger partial charge in [0, 0.05) is 42.4 Å². The molecule has 0 saturated carbocycles. The van der Waals surface area contributed by atoms with Crippen LogP contribution in [0.15, 0.2) is 12.2 Å². The molecule has 1 amide bonds. The molecule has 7 heterocycles. The molecule has 6 saturated heterocycles. The predicted octanol–water partition coefficient (Wildman–Crippen LogP) is 5.07. The molecule has 7 aliphatic heterocycles. The molecule has 3 spiro atoms. The minimum Gasteiger partial charge on any atom is -0.504 e. The van der Waals surface area contributed by atoms with E-state index in [0.717, 1.165) is 0 Å². The number of ether oxygens (including phenoxy) is 6. The van der Waals surface area contributed by atoms with E-state index in [0.29, 0.717) is 64.2 Å². The number of nitrogens with one attached hydrogen (secondary N) is 1. The van der Waals surface area contributed by atoms with Gasteiger partial charge in [0.15, 0.2) is 23.8 Å². The Morgan fingerprint density at radius 3 is 1.89 bits per heavy atom. The van der Waals surface area contributed by atoms with Crippen molar-refractivity contribution in [2.24, 2.45) is 28.6 Å². The molecule has 0 aliphatic carbocycles. The molecule has 3 N–H and O–H groups in total. The van der Waals surface area contributed by atoms with E-state index >= 15 is 4.79 Å². The highest BCUT2D eigenvalue weighted by atomic mass is 17.0. The highest BCUT2D eigenvalue weighted by molar-refractivity contribution is 6.56. The Hall–Kier alpha value is -2.68. The fourth-order valence-corrected chi connectivity index (χ4v) is 11.0. The molecule has 17 atom stereocenters. The minimum atomic E-state index is -3.56. The fourth-order valence-electron chi connectivity index (χ4n) is 11.0. The second-order valence-electron chi connectivity index (χ2n) is 21.6. The van der Waals surface area contributed by atoms with Crippen LogP contribution in [0.4, 0.5) is 0 Å². The molecule has 9 bridgehead atoms. The molecule has 17 nitrogen and oxygen atoms in total. The van der Waals surface area contributed by atoms with Crippen LogP contribution in [0.25, 0.3) is 0 Å². The van der Waals surface area contributed by atoms with Crippen molar-refractivity contribution < 1.29 is 76.4 Å². The predicted molar refractivity (Wildman–Crippen MR) is 233 cm³/mol. The summed E-state index contributed by atoms with van der Waals surface area (Å²) in [5, 5.41) is 26.3. The Morgan fingerprint density at radius 1 is 0.785 bits per heavy atom. The summed E-state index contributed by atoms with van der Waals surface area (Å²) >= 11 is 0. The number of hydrogen-bond donors (Lipinski definition) is 3. The lowest BCUT2D eigenvalue weighted by Crippen LogP contribution is -2.61. The molecule has 0 aromatic heterocycles. The van der Waals surface area contributed by atoms with E-state index in [1.165, 1.54) is 6.92 Å². The number of aliphatic hydroxyl groups excluding tert-OH is 2. The average molecular weight is 921 g/mol. The smallest absolute Gasteiger partial charge is 0.504 e. The van der Waals surface area contributed by atoms with E-state index in [1.807, 2.05) is 60.6 Å². The Morgan fingerprint density at radius 2 is 1.34 bits per heavy atom. The van der Waals surface area contributed by atoms with Crippen molar-refractivity contribution >= 4 is 30.8 Å². The number of aliphatic hydroxyl groups is 2. The lowest BCUT2D eigenvalue weighted by atomic mass is 9.73. The summed E-state index contributed by atoms with van der Waals surface area (Å²) in [6.07, 6.45) is -0.949. The standard InChI is InChI=1S/C47H75BNO16/c1-25(2)38(49-30(7)50)41(53)57-28(5)32-17-13-12-14-18-34(51)44(8,9)36-22-20-27(4)47(60-36)40-43(55)59-33-24-31(56-29(33)6)16-15-19-35(52)45(10,11)37-23-21-26(3)46(61-37)39(42(54)58-32)62-48(63-40,64-46)65-47/h12-13,25-29,31-40,51-52H,14-24H2,1-11H3,(H,49,50)/q-1/b13-12-/t26-,27-,28-,29-,31-,32+,33+,34+,35-,36+,37-,38?,39+,40+,46-,47?,48?/m1/s1. The van der Waals surface area contributed by atoms with Crippen LogP contribution in [-0.2, 0) is 66.2 Å². The molecular weight excluding hydrogens is 845 g/mol. The highest BCUT2D eigenvalue weighted by Crippen LogP contribution is 2.57. The van der Waals surface area contributed by atoms with E-state index in [4.69, 9.17) is 47.0 Å². The number of cyclic esters (lactones) is 1.